The zero-order valence-electron chi connectivity index (χ0n) is 11.5. The highest BCUT2D eigenvalue weighted by Crippen LogP contribution is 2.19. The van der Waals surface area contributed by atoms with Crippen molar-refractivity contribution in [1.29, 1.82) is 5.41 Å². The number of benzene rings is 1. The second-order valence-electron chi connectivity index (χ2n) is 5.29. The SMILES string of the molecule is Cc1cc(Cl)ccc1NC(=N)NC(=O)NC(C)(C)C. The summed E-state index contributed by atoms with van der Waals surface area (Å²) >= 11 is 5.85. The molecular formula is C13H19ClN4O. The molecule has 0 aromatic heterocycles. The van der Waals surface area contributed by atoms with Crippen molar-refractivity contribution in [2.75, 3.05) is 5.32 Å². The molecule has 0 saturated carbocycles. The van der Waals surface area contributed by atoms with Crippen LogP contribution in [0.2, 0.25) is 5.02 Å². The lowest BCUT2D eigenvalue weighted by molar-refractivity contribution is 0.236. The highest BCUT2D eigenvalue weighted by Gasteiger charge is 2.14. The van der Waals surface area contributed by atoms with E-state index in [2.05, 4.69) is 16.0 Å². The quantitative estimate of drug-likeness (QED) is 0.472. The average Bonchev–Trinajstić information content (AvgIpc) is 2.19. The Morgan fingerprint density at radius 3 is 2.47 bits per heavy atom. The molecule has 6 heteroatoms. The summed E-state index contributed by atoms with van der Waals surface area (Å²) in [7, 11) is 0. The second-order valence-corrected chi connectivity index (χ2v) is 5.72. The summed E-state index contributed by atoms with van der Waals surface area (Å²) in [6.07, 6.45) is 0. The number of halogens is 1. The second kappa shape index (κ2) is 5.93. The van der Waals surface area contributed by atoms with Gasteiger partial charge in [-0.15, -0.1) is 0 Å². The molecule has 0 heterocycles. The molecule has 104 valence electrons. The summed E-state index contributed by atoms with van der Waals surface area (Å²) < 4.78 is 0. The van der Waals surface area contributed by atoms with Crippen molar-refractivity contribution in [3.05, 3.63) is 28.8 Å². The van der Waals surface area contributed by atoms with Crippen LogP contribution >= 0.6 is 11.6 Å². The number of rotatable bonds is 1. The third kappa shape index (κ3) is 5.61. The van der Waals surface area contributed by atoms with E-state index >= 15 is 0 Å². The highest BCUT2D eigenvalue weighted by atomic mass is 35.5. The maximum atomic E-state index is 11.6. The Bertz CT molecular complexity index is 494. The van der Waals surface area contributed by atoms with E-state index in [0.717, 1.165) is 11.3 Å². The fourth-order valence-electron chi connectivity index (χ4n) is 1.42. The van der Waals surface area contributed by atoms with Crippen LogP contribution in [0.4, 0.5) is 10.5 Å². The zero-order chi connectivity index (χ0) is 14.6. The molecule has 1 aromatic carbocycles. The molecule has 0 spiro atoms. The molecule has 0 fully saturated rings. The molecule has 0 aliphatic rings. The molecule has 4 N–H and O–H groups in total. The average molecular weight is 283 g/mol. The van der Waals surface area contributed by atoms with Gasteiger partial charge in [0.15, 0.2) is 0 Å². The summed E-state index contributed by atoms with van der Waals surface area (Å²) in [5.41, 5.74) is 1.28. The van der Waals surface area contributed by atoms with Gasteiger partial charge in [0.05, 0.1) is 0 Å². The summed E-state index contributed by atoms with van der Waals surface area (Å²) in [6, 6.07) is 4.85. The van der Waals surface area contributed by atoms with Gasteiger partial charge >= 0.3 is 6.03 Å². The molecular weight excluding hydrogens is 264 g/mol. The Labute approximate surface area is 118 Å². The normalized spacial score (nSPS) is 10.8. The molecule has 1 rings (SSSR count). The largest absolute Gasteiger partial charge is 0.333 e. The number of amides is 2. The predicted octanol–water partition coefficient (Wildman–Crippen LogP) is 3.09. The maximum absolute atomic E-state index is 11.6. The van der Waals surface area contributed by atoms with Crippen LogP contribution in [0.5, 0.6) is 0 Å². The minimum atomic E-state index is -0.420. The van der Waals surface area contributed by atoms with E-state index in [-0.39, 0.29) is 11.5 Å². The van der Waals surface area contributed by atoms with Crippen LogP contribution in [0.1, 0.15) is 26.3 Å². The van der Waals surface area contributed by atoms with Gasteiger partial charge in [-0.25, -0.2) is 4.79 Å². The number of guanidine groups is 1. The van der Waals surface area contributed by atoms with Crippen molar-refractivity contribution >= 4 is 29.3 Å². The van der Waals surface area contributed by atoms with Gasteiger partial charge in [-0.3, -0.25) is 10.7 Å². The molecule has 0 aliphatic carbocycles. The lowest BCUT2D eigenvalue weighted by Crippen LogP contribution is -2.49. The molecule has 0 unspecified atom stereocenters. The number of nitrogens with one attached hydrogen (secondary N) is 4. The topological polar surface area (TPSA) is 77.0 Å². The zero-order valence-corrected chi connectivity index (χ0v) is 12.3. The van der Waals surface area contributed by atoms with Crippen molar-refractivity contribution in [2.45, 2.75) is 33.2 Å². The number of carbonyl (C=O) groups excluding carboxylic acids is 1. The van der Waals surface area contributed by atoms with Crippen LogP contribution < -0.4 is 16.0 Å². The van der Waals surface area contributed by atoms with Crippen molar-refractivity contribution < 1.29 is 4.79 Å². The number of carbonyl (C=O) groups is 1. The Morgan fingerprint density at radius 1 is 1.32 bits per heavy atom. The Hall–Kier alpha value is -1.75. The van der Waals surface area contributed by atoms with Gasteiger partial charge in [-0.05, 0) is 51.5 Å². The molecule has 5 nitrogen and oxygen atoms in total. The van der Waals surface area contributed by atoms with Crippen molar-refractivity contribution in [3.63, 3.8) is 0 Å². The van der Waals surface area contributed by atoms with Crippen LogP contribution in [0.25, 0.3) is 0 Å². The Balaban J connectivity index is 2.58. The fraction of sp³-hybridized carbons (Fsp3) is 0.385. The van der Waals surface area contributed by atoms with Gasteiger partial charge in [-0.1, -0.05) is 11.6 Å². The molecule has 0 bridgehead atoms. The summed E-state index contributed by atoms with van der Waals surface area (Å²) in [5.74, 6) is -0.0906. The van der Waals surface area contributed by atoms with Gasteiger partial charge in [0, 0.05) is 16.2 Å². The fourth-order valence-corrected chi connectivity index (χ4v) is 1.65. The number of anilines is 1. The van der Waals surface area contributed by atoms with E-state index in [4.69, 9.17) is 17.0 Å². The number of urea groups is 1. The molecule has 0 aliphatic heterocycles. The van der Waals surface area contributed by atoms with Gasteiger partial charge in [-0.2, -0.15) is 0 Å². The number of aryl methyl sites for hydroxylation is 1. The van der Waals surface area contributed by atoms with Crippen LogP contribution in [0.15, 0.2) is 18.2 Å². The minimum Gasteiger partial charge on any atom is -0.333 e. The summed E-state index contributed by atoms with van der Waals surface area (Å²) in [4.78, 5) is 11.6. The van der Waals surface area contributed by atoms with Gasteiger partial charge in [0.2, 0.25) is 5.96 Å². The van der Waals surface area contributed by atoms with Crippen LogP contribution in [0.3, 0.4) is 0 Å². The van der Waals surface area contributed by atoms with E-state index < -0.39 is 6.03 Å². The predicted molar refractivity (Wildman–Crippen MR) is 79.0 cm³/mol. The van der Waals surface area contributed by atoms with Gasteiger partial charge in [0.1, 0.15) is 0 Å². The van der Waals surface area contributed by atoms with Crippen molar-refractivity contribution in [1.82, 2.24) is 10.6 Å². The third-order valence-electron chi connectivity index (χ3n) is 2.18. The first-order valence-electron chi connectivity index (χ1n) is 5.88. The van der Waals surface area contributed by atoms with Gasteiger partial charge < -0.3 is 10.6 Å². The molecule has 2 amide bonds. The summed E-state index contributed by atoms with van der Waals surface area (Å²) in [6.45, 7) is 7.48. The Morgan fingerprint density at radius 2 is 1.95 bits per heavy atom. The van der Waals surface area contributed by atoms with Gasteiger partial charge in [0.25, 0.3) is 0 Å². The molecule has 19 heavy (non-hydrogen) atoms. The molecule has 1 aromatic rings. The van der Waals surface area contributed by atoms with Crippen LogP contribution in [-0.2, 0) is 0 Å². The van der Waals surface area contributed by atoms with Crippen LogP contribution in [0, 0.1) is 12.3 Å². The first-order valence-corrected chi connectivity index (χ1v) is 6.26. The summed E-state index contributed by atoms with van der Waals surface area (Å²) in [5, 5.41) is 16.3. The van der Waals surface area contributed by atoms with E-state index in [9.17, 15) is 4.79 Å². The van der Waals surface area contributed by atoms with E-state index in [1.807, 2.05) is 27.7 Å². The van der Waals surface area contributed by atoms with E-state index in [1.165, 1.54) is 0 Å². The van der Waals surface area contributed by atoms with E-state index in [1.54, 1.807) is 18.2 Å². The third-order valence-corrected chi connectivity index (χ3v) is 2.41. The molecule has 0 saturated heterocycles. The first kappa shape index (κ1) is 15.3. The van der Waals surface area contributed by atoms with Crippen molar-refractivity contribution in [2.24, 2.45) is 0 Å². The standard InChI is InChI=1S/C13H19ClN4O/c1-8-7-9(14)5-6-10(8)16-11(15)17-12(19)18-13(2,3)4/h5-7H,1-4H3,(H4,15,16,17,18,19). The monoisotopic (exact) mass is 282 g/mol. The minimum absolute atomic E-state index is 0.0906. The van der Waals surface area contributed by atoms with E-state index in [0.29, 0.717) is 5.02 Å². The highest BCUT2D eigenvalue weighted by molar-refractivity contribution is 6.30. The smallest absolute Gasteiger partial charge is 0.321 e. The maximum Gasteiger partial charge on any atom is 0.321 e. The van der Waals surface area contributed by atoms with Crippen molar-refractivity contribution in [3.8, 4) is 0 Å². The van der Waals surface area contributed by atoms with Crippen LogP contribution in [-0.4, -0.2) is 17.5 Å². The molecule has 0 radical (unpaired) electrons. The number of hydrogen-bond donors (Lipinski definition) is 4. The Kier molecular flexibility index (Phi) is 4.78. The number of hydrogen-bond acceptors (Lipinski definition) is 2. The molecule has 0 atom stereocenters. The lowest BCUT2D eigenvalue weighted by atomic mass is 10.1. The first-order chi connectivity index (χ1) is 8.67. The lowest BCUT2D eigenvalue weighted by Gasteiger charge is -2.21.